The van der Waals surface area contributed by atoms with Gasteiger partial charge in [-0.3, -0.25) is 5.32 Å². The predicted octanol–water partition coefficient (Wildman–Crippen LogP) is 5.43. The molecule has 4 aliphatic rings. The maximum absolute atomic E-state index is 5.83. The van der Waals surface area contributed by atoms with Crippen LogP contribution in [0.1, 0.15) is 79.1 Å². The second-order valence-corrected chi connectivity index (χ2v) is 11.1. The summed E-state index contributed by atoms with van der Waals surface area (Å²) in [5, 5.41) is 7.71. The van der Waals surface area contributed by atoms with Gasteiger partial charge in [-0.1, -0.05) is 71.3 Å². The van der Waals surface area contributed by atoms with Crippen LogP contribution in [0.4, 0.5) is 0 Å². The van der Waals surface area contributed by atoms with Crippen molar-refractivity contribution >= 4 is 0 Å². The van der Waals surface area contributed by atoms with Crippen LogP contribution in [0.25, 0.3) is 0 Å². The minimum atomic E-state index is 0.300. The number of allylic oxidation sites excluding steroid dienone is 3. The lowest BCUT2D eigenvalue weighted by Crippen LogP contribution is -2.50. The van der Waals surface area contributed by atoms with Crippen molar-refractivity contribution in [2.75, 3.05) is 6.54 Å². The molecule has 0 aromatic carbocycles. The van der Waals surface area contributed by atoms with Crippen LogP contribution >= 0.6 is 0 Å². The van der Waals surface area contributed by atoms with E-state index in [2.05, 4.69) is 62.6 Å². The molecule has 0 aromatic heterocycles. The van der Waals surface area contributed by atoms with Crippen molar-refractivity contribution in [1.29, 1.82) is 0 Å². The molecule has 3 aliphatic carbocycles. The summed E-state index contributed by atoms with van der Waals surface area (Å²) >= 11 is 0. The summed E-state index contributed by atoms with van der Waals surface area (Å²) in [6.07, 6.45) is 20.3. The van der Waals surface area contributed by atoms with E-state index in [1.807, 2.05) is 0 Å². The molecule has 0 aromatic rings. The lowest BCUT2D eigenvalue weighted by atomic mass is 9.68. The molecule has 0 radical (unpaired) electrons. The van der Waals surface area contributed by atoms with Crippen molar-refractivity contribution in [2.24, 2.45) is 29.1 Å². The van der Waals surface area contributed by atoms with E-state index in [0.717, 1.165) is 36.8 Å². The van der Waals surface area contributed by atoms with Crippen LogP contribution in [0.2, 0.25) is 0 Å². The average molecular weight is 401 g/mol. The number of unbranched alkanes of at least 4 members (excludes halogenated alkanes) is 2. The zero-order valence-electron chi connectivity index (χ0n) is 19.2. The number of hydrogen-bond acceptors (Lipinski definition) is 3. The summed E-state index contributed by atoms with van der Waals surface area (Å²) in [5.41, 5.74) is 0.461. The van der Waals surface area contributed by atoms with Gasteiger partial charge in [-0.25, -0.2) is 0 Å². The molecule has 1 heterocycles. The fraction of sp³-hybridized carbons (Fsp3) is 0.846. The number of hydrogen-bond donors (Lipinski definition) is 2. The minimum Gasteiger partial charge on any atom is -0.353 e. The summed E-state index contributed by atoms with van der Waals surface area (Å²) in [6, 6.07) is 1.48. The Hall–Kier alpha value is -0.640. The Morgan fingerprint density at radius 2 is 1.97 bits per heavy atom. The third kappa shape index (κ3) is 5.35. The summed E-state index contributed by atoms with van der Waals surface area (Å²) in [4.78, 5) is 0. The van der Waals surface area contributed by atoms with E-state index in [-0.39, 0.29) is 0 Å². The molecule has 3 nitrogen and oxygen atoms in total. The van der Waals surface area contributed by atoms with Gasteiger partial charge in [0.25, 0.3) is 0 Å². The smallest absolute Gasteiger partial charge is 0.135 e. The highest BCUT2D eigenvalue weighted by Gasteiger charge is 2.49. The van der Waals surface area contributed by atoms with Gasteiger partial charge in [0.05, 0.1) is 0 Å². The molecule has 3 fully saturated rings. The molecule has 8 unspecified atom stereocenters. The van der Waals surface area contributed by atoms with Crippen molar-refractivity contribution in [3.8, 4) is 0 Å². The maximum atomic E-state index is 5.83. The SMILES string of the molecule is CC1CCCC(C)(C)C1NC1C(C)C1CCCCCNC1OC1C1C=CC=CC1. The van der Waals surface area contributed by atoms with Gasteiger partial charge < -0.3 is 10.1 Å². The first-order chi connectivity index (χ1) is 14.0. The highest BCUT2D eigenvalue weighted by molar-refractivity contribution is 5.14. The molecular formula is C26H44N2O. The first-order valence-corrected chi connectivity index (χ1v) is 12.5. The van der Waals surface area contributed by atoms with E-state index in [1.165, 1.54) is 44.9 Å². The van der Waals surface area contributed by atoms with E-state index in [1.54, 1.807) is 0 Å². The zero-order chi connectivity index (χ0) is 20.4. The molecular weight excluding hydrogens is 356 g/mol. The molecule has 1 aliphatic heterocycles. The zero-order valence-corrected chi connectivity index (χ0v) is 19.2. The summed E-state index contributed by atoms with van der Waals surface area (Å²) in [7, 11) is 0. The molecule has 29 heavy (non-hydrogen) atoms. The van der Waals surface area contributed by atoms with E-state index >= 15 is 0 Å². The Morgan fingerprint density at radius 1 is 1.10 bits per heavy atom. The van der Waals surface area contributed by atoms with Crippen LogP contribution in [0.15, 0.2) is 24.3 Å². The second kappa shape index (κ2) is 9.24. The standard InChI is InChI=1S/C26H44N2O/c1-18-12-11-16-26(3,4)24(18)28-22-19(2)21(22)15-9-6-10-17-27-25-23(29-25)20-13-7-5-8-14-20/h5,7-8,13,18-25,27-28H,6,9-12,14-17H2,1-4H3. The van der Waals surface area contributed by atoms with Crippen molar-refractivity contribution < 1.29 is 4.74 Å². The third-order valence-corrected chi connectivity index (χ3v) is 8.35. The largest absolute Gasteiger partial charge is 0.353 e. The van der Waals surface area contributed by atoms with Gasteiger partial charge >= 0.3 is 0 Å². The van der Waals surface area contributed by atoms with Gasteiger partial charge in [0.1, 0.15) is 12.3 Å². The van der Waals surface area contributed by atoms with Crippen LogP contribution in [0, 0.1) is 29.1 Å². The fourth-order valence-electron chi connectivity index (χ4n) is 6.22. The summed E-state index contributed by atoms with van der Waals surface area (Å²) < 4.78 is 5.83. The quantitative estimate of drug-likeness (QED) is 0.379. The monoisotopic (exact) mass is 400 g/mol. The first kappa shape index (κ1) is 21.6. The Bertz CT molecular complexity index is 598. The number of epoxide rings is 1. The highest BCUT2D eigenvalue weighted by Crippen LogP contribution is 2.46. The van der Waals surface area contributed by atoms with E-state index < -0.39 is 0 Å². The first-order valence-electron chi connectivity index (χ1n) is 12.5. The van der Waals surface area contributed by atoms with Crippen molar-refractivity contribution in [3.05, 3.63) is 24.3 Å². The lowest BCUT2D eigenvalue weighted by Gasteiger charge is -2.43. The number of ether oxygens (including phenoxy) is 1. The number of rotatable bonds is 10. The molecule has 4 rings (SSSR count). The molecule has 1 saturated heterocycles. The summed E-state index contributed by atoms with van der Waals surface area (Å²) in [5.74, 6) is 3.19. The Kier molecular flexibility index (Phi) is 6.88. The van der Waals surface area contributed by atoms with Gasteiger partial charge in [-0.15, -0.1) is 0 Å². The molecule has 8 atom stereocenters. The van der Waals surface area contributed by atoms with Gasteiger partial charge in [0.15, 0.2) is 0 Å². The fourth-order valence-corrected chi connectivity index (χ4v) is 6.22. The average Bonchev–Trinajstić information content (AvgIpc) is 3.59. The van der Waals surface area contributed by atoms with Crippen molar-refractivity contribution in [3.63, 3.8) is 0 Å². The predicted molar refractivity (Wildman–Crippen MR) is 122 cm³/mol. The number of nitrogens with one attached hydrogen (secondary N) is 2. The molecule has 0 amide bonds. The van der Waals surface area contributed by atoms with E-state index in [9.17, 15) is 0 Å². The summed E-state index contributed by atoms with van der Waals surface area (Å²) in [6.45, 7) is 11.0. The van der Waals surface area contributed by atoms with Crippen LogP contribution in [0.5, 0.6) is 0 Å². The highest BCUT2D eigenvalue weighted by atomic mass is 16.6. The van der Waals surface area contributed by atoms with Crippen LogP contribution < -0.4 is 10.6 Å². The third-order valence-electron chi connectivity index (χ3n) is 8.35. The van der Waals surface area contributed by atoms with Gasteiger partial charge in [-0.05, 0) is 61.8 Å². The normalized spacial score (nSPS) is 42.8. The van der Waals surface area contributed by atoms with E-state index in [0.29, 0.717) is 29.7 Å². The Balaban J connectivity index is 1.06. The van der Waals surface area contributed by atoms with Crippen LogP contribution in [-0.2, 0) is 4.74 Å². The molecule has 164 valence electrons. The van der Waals surface area contributed by atoms with Crippen molar-refractivity contribution in [1.82, 2.24) is 10.6 Å². The van der Waals surface area contributed by atoms with Crippen molar-refractivity contribution in [2.45, 2.75) is 103 Å². The topological polar surface area (TPSA) is 36.6 Å². The second-order valence-electron chi connectivity index (χ2n) is 11.1. The van der Waals surface area contributed by atoms with Gasteiger partial charge in [-0.2, -0.15) is 0 Å². The molecule has 2 N–H and O–H groups in total. The van der Waals surface area contributed by atoms with Gasteiger partial charge in [0, 0.05) is 18.0 Å². The van der Waals surface area contributed by atoms with Crippen LogP contribution in [-0.4, -0.2) is 31.0 Å². The molecule has 0 bridgehead atoms. The van der Waals surface area contributed by atoms with Gasteiger partial charge in [0.2, 0.25) is 0 Å². The maximum Gasteiger partial charge on any atom is 0.135 e. The van der Waals surface area contributed by atoms with Crippen LogP contribution in [0.3, 0.4) is 0 Å². The molecule has 0 spiro atoms. The lowest BCUT2D eigenvalue weighted by molar-refractivity contribution is 0.114. The molecule has 2 saturated carbocycles. The Morgan fingerprint density at radius 3 is 2.72 bits per heavy atom. The van der Waals surface area contributed by atoms with E-state index in [4.69, 9.17) is 4.74 Å². The Labute approximate surface area is 179 Å². The molecule has 3 heteroatoms. The minimum absolute atomic E-state index is 0.300.